The first kappa shape index (κ1) is 12.2. The molecule has 0 bridgehead atoms. The molecule has 1 atom stereocenters. The lowest BCUT2D eigenvalue weighted by atomic mass is 10.0. The van der Waals surface area contributed by atoms with Gasteiger partial charge in [-0.3, -0.25) is 0 Å². The first-order valence-electron chi connectivity index (χ1n) is 4.61. The summed E-state index contributed by atoms with van der Waals surface area (Å²) < 4.78 is 13.9. The predicted molar refractivity (Wildman–Crippen MR) is 62.1 cm³/mol. The van der Waals surface area contributed by atoms with Crippen molar-refractivity contribution >= 4 is 15.9 Å². The van der Waals surface area contributed by atoms with Crippen LogP contribution in [0.15, 0.2) is 29.3 Å². The average molecular weight is 274 g/mol. The van der Waals surface area contributed by atoms with Crippen LogP contribution in [0.3, 0.4) is 0 Å². The van der Waals surface area contributed by atoms with Gasteiger partial charge in [-0.1, -0.05) is 6.08 Å². The maximum Gasteiger partial charge on any atom is 0.137 e. The van der Waals surface area contributed by atoms with Crippen molar-refractivity contribution in [3.05, 3.63) is 40.6 Å². The number of rotatable bonds is 4. The summed E-state index contributed by atoms with van der Waals surface area (Å²) in [5, 5.41) is 9.66. The van der Waals surface area contributed by atoms with Gasteiger partial charge in [-0.25, -0.2) is 4.39 Å². The van der Waals surface area contributed by atoms with Gasteiger partial charge < -0.3 is 10.8 Å². The Labute approximate surface area is 96.7 Å². The van der Waals surface area contributed by atoms with E-state index in [9.17, 15) is 9.50 Å². The van der Waals surface area contributed by atoms with E-state index < -0.39 is 11.9 Å². The summed E-state index contributed by atoms with van der Waals surface area (Å²) in [6.07, 6.45) is 2.96. The minimum absolute atomic E-state index is 0.119. The normalized spacial score (nSPS) is 12.5. The third-order valence-corrected chi connectivity index (χ3v) is 2.81. The first-order valence-corrected chi connectivity index (χ1v) is 5.40. The molecule has 1 aromatic rings. The molecule has 1 rings (SSSR count). The Bertz CT molecular complexity index is 368. The number of halogens is 2. The van der Waals surface area contributed by atoms with Crippen molar-refractivity contribution in [1.29, 1.82) is 0 Å². The molecule has 0 amide bonds. The zero-order chi connectivity index (χ0) is 11.4. The number of phenols is 1. The summed E-state index contributed by atoms with van der Waals surface area (Å²) in [7, 11) is 0. The third kappa shape index (κ3) is 2.79. The van der Waals surface area contributed by atoms with Gasteiger partial charge in [0.25, 0.3) is 0 Å². The van der Waals surface area contributed by atoms with Crippen molar-refractivity contribution < 1.29 is 9.50 Å². The molecule has 15 heavy (non-hydrogen) atoms. The van der Waals surface area contributed by atoms with Crippen molar-refractivity contribution in [1.82, 2.24) is 0 Å². The molecule has 0 unspecified atom stereocenters. The van der Waals surface area contributed by atoms with Gasteiger partial charge in [0.2, 0.25) is 0 Å². The highest BCUT2D eigenvalue weighted by Gasteiger charge is 2.17. The number of hydrogen-bond donors (Lipinski definition) is 2. The fraction of sp³-hybridized carbons (Fsp3) is 0.273. The van der Waals surface area contributed by atoms with Crippen molar-refractivity contribution in [2.45, 2.75) is 18.9 Å². The predicted octanol–water partition coefficient (Wildman–Crippen LogP) is 3.26. The van der Waals surface area contributed by atoms with E-state index in [2.05, 4.69) is 22.5 Å². The van der Waals surface area contributed by atoms with Crippen LogP contribution < -0.4 is 5.73 Å². The molecule has 0 aliphatic carbocycles. The van der Waals surface area contributed by atoms with Crippen LogP contribution in [0.25, 0.3) is 0 Å². The number of aromatic hydroxyl groups is 1. The quantitative estimate of drug-likeness (QED) is 0.828. The molecule has 2 nitrogen and oxygen atoms in total. The van der Waals surface area contributed by atoms with E-state index in [4.69, 9.17) is 5.73 Å². The van der Waals surface area contributed by atoms with Gasteiger partial charge in [-0.05, 0) is 40.9 Å². The van der Waals surface area contributed by atoms with E-state index in [1.54, 1.807) is 6.08 Å². The molecule has 0 heterocycles. The second-order valence-corrected chi connectivity index (χ2v) is 4.12. The Kier molecular flexibility index (Phi) is 4.29. The maximum absolute atomic E-state index is 13.4. The number of hydrogen-bond acceptors (Lipinski definition) is 2. The third-order valence-electron chi connectivity index (χ3n) is 2.17. The van der Waals surface area contributed by atoms with Crippen LogP contribution in [0.5, 0.6) is 5.75 Å². The van der Waals surface area contributed by atoms with Crippen molar-refractivity contribution in [3.8, 4) is 5.75 Å². The Hall–Kier alpha value is -0.870. The van der Waals surface area contributed by atoms with Crippen LogP contribution in [0.4, 0.5) is 4.39 Å². The molecule has 0 saturated heterocycles. The highest BCUT2D eigenvalue weighted by Crippen LogP contribution is 2.34. The van der Waals surface area contributed by atoms with E-state index in [-0.39, 0.29) is 11.3 Å². The summed E-state index contributed by atoms with van der Waals surface area (Å²) in [6, 6.07) is 2.22. The van der Waals surface area contributed by atoms with Crippen LogP contribution in [0, 0.1) is 5.82 Å². The molecule has 0 aromatic heterocycles. The van der Waals surface area contributed by atoms with Crippen LogP contribution in [-0.2, 0) is 0 Å². The second kappa shape index (κ2) is 5.28. The molecule has 0 aliphatic heterocycles. The summed E-state index contributed by atoms with van der Waals surface area (Å²) in [5.74, 6) is -0.598. The lowest BCUT2D eigenvalue weighted by Crippen LogP contribution is -2.12. The highest BCUT2D eigenvalue weighted by molar-refractivity contribution is 9.10. The Morgan fingerprint density at radius 2 is 2.27 bits per heavy atom. The molecule has 4 heteroatoms. The summed E-state index contributed by atoms with van der Waals surface area (Å²) in [4.78, 5) is 0. The molecule has 3 N–H and O–H groups in total. The highest BCUT2D eigenvalue weighted by atomic mass is 79.9. The zero-order valence-corrected chi connectivity index (χ0v) is 9.80. The van der Waals surface area contributed by atoms with Crippen LogP contribution in [-0.4, -0.2) is 5.11 Å². The fourth-order valence-electron chi connectivity index (χ4n) is 1.35. The molecule has 0 spiro atoms. The van der Waals surface area contributed by atoms with E-state index in [0.29, 0.717) is 17.3 Å². The number of benzene rings is 1. The van der Waals surface area contributed by atoms with E-state index >= 15 is 0 Å². The summed E-state index contributed by atoms with van der Waals surface area (Å²) in [6.45, 7) is 3.57. The molecule has 82 valence electrons. The standard InChI is InChI=1S/C11H13BrFNO/c1-2-3-4-9(14)10-8(13)6-5-7(12)11(10)15/h2,5-6,9,15H,1,3-4,14H2/t9-/m1/s1. The van der Waals surface area contributed by atoms with Crippen LogP contribution >= 0.6 is 15.9 Å². The van der Waals surface area contributed by atoms with Gasteiger partial charge in [0, 0.05) is 11.6 Å². The van der Waals surface area contributed by atoms with Gasteiger partial charge in [-0.2, -0.15) is 0 Å². The largest absolute Gasteiger partial charge is 0.506 e. The monoisotopic (exact) mass is 273 g/mol. The van der Waals surface area contributed by atoms with Gasteiger partial charge in [0.05, 0.1) is 4.47 Å². The summed E-state index contributed by atoms with van der Waals surface area (Å²) in [5.41, 5.74) is 5.94. The van der Waals surface area contributed by atoms with Gasteiger partial charge in [0.15, 0.2) is 0 Å². The van der Waals surface area contributed by atoms with Gasteiger partial charge in [-0.15, -0.1) is 6.58 Å². The van der Waals surface area contributed by atoms with Crippen molar-refractivity contribution in [2.24, 2.45) is 5.73 Å². The minimum Gasteiger partial charge on any atom is -0.506 e. The van der Waals surface area contributed by atoms with E-state index in [0.717, 1.165) is 0 Å². The zero-order valence-electron chi connectivity index (χ0n) is 8.21. The van der Waals surface area contributed by atoms with Crippen LogP contribution in [0.2, 0.25) is 0 Å². The Morgan fingerprint density at radius 1 is 1.60 bits per heavy atom. The molecular formula is C11H13BrFNO. The topological polar surface area (TPSA) is 46.2 Å². The fourth-order valence-corrected chi connectivity index (χ4v) is 1.70. The van der Waals surface area contributed by atoms with Crippen LogP contribution in [0.1, 0.15) is 24.4 Å². The van der Waals surface area contributed by atoms with Crippen molar-refractivity contribution in [3.63, 3.8) is 0 Å². The Balaban J connectivity index is 3.01. The molecule has 0 radical (unpaired) electrons. The number of nitrogens with two attached hydrogens (primary N) is 1. The molecule has 0 fully saturated rings. The second-order valence-electron chi connectivity index (χ2n) is 3.26. The number of phenolic OH excluding ortho intramolecular Hbond substituents is 1. The molecule has 1 aromatic carbocycles. The molecular weight excluding hydrogens is 261 g/mol. The van der Waals surface area contributed by atoms with E-state index in [1.165, 1.54) is 12.1 Å². The first-order chi connectivity index (χ1) is 7.07. The lowest BCUT2D eigenvalue weighted by molar-refractivity contribution is 0.442. The maximum atomic E-state index is 13.4. The smallest absolute Gasteiger partial charge is 0.137 e. The van der Waals surface area contributed by atoms with Crippen molar-refractivity contribution in [2.75, 3.05) is 0 Å². The van der Waals surface area contributed by atoms with Gasteiger partial charge in [0.1, 0.15) is 11.6 Å². The lowest BCUT2D eigenvalue weighted by Gasteiger charge is -2.14. The molecule has 0 aliphatic rings. The van der Waals surface area contributed by atoms with Gasteiger partial charge >= 0.3 is 0 Å². The SMILES string of the molecule is C=CCC[C@@H](N)c1c(F)ccc(Br)c1O. The Morgan fingerprint density at radius 3 is 2.87 bits per heavy atom. The average Bonchev–Trinajstić information content (AvgIpc) is 2.21. The van der Waals surface area contributed by atoms with E-state index in [1.807, 2.05) is 0 Å². The molecule has 0 saturated carbocycles. The summed E-state index contributed by atoms with van der Waals surface area (Å²) >= 11 is 3.12. The minimum atomic E-state index is -0.513. The number of allylic oxidation sites excluding steroid dienone is 1.